The van der Waals surface area contributed by atoms with E-state index in [-0.39, 0.29) is 5.82 Å². The van der Waals surface area contributed by atoms with Crippen LogP contribution in [0.2, 0.25) is 0 Å². The zero-order valence-electron chi connectivity index (χ0n) is 7.53. The van der Waals surface area contributed by atoms with Crippen molar-refractivity contribution >= 4 is 17.7 Å². The second-order valence-electron chi connectivity index (χ2n) is 2.67. The van der Waals surface area contributed by atoms with Gasteiger partial charge in [0.05, 0.1) is 0 Å². The van der Waals surface area contributed by atoms with Crippen molar-refractivity contribution in [1.82, 2.24) is 0 Å². The first-order valence-electron chi connectivity index (χ1n) is 3.92. The molecule has 0 amide bonds. The Hall–Kier alpha value is -1.29. The van der Waals surface area contributed by atoms with E-state index in [4.69, 9.17) is 5.11 Å². The van der Waals surface area contributed by atoms with Crippen LogP contribution in [0.5, 0.6) is 0 Å². The zero-order valence-corrected chi connectivity index (χ0v) is 8.34. The number of hydrogen-bond acceptors (Lipinski definition) is 2. The standard InChI is InChI=1S/C10H9FO2S/c1-7-6-8(2-3-9(7)11)14-5-4-10(12)13/h2-6H,1H3,(H,12,13)/b5-4+. The Morgan fingerprint density at radius 2 is 2.29 bits per heavy atom. The van der Waals surface area contributed by atoms with E-state index in [0.717, 1.165) is 11.0 Å². The monoisotopic (exact) mass is 212 g/mol. The fourth-order valence-corrected chi connectivity index (χ4v) is 1.59. The van der Waals surface area contributed by atoms with Crippen molar-refractivity contribution < 1.29 is 14.3 Å². The van der Waals surface area contributed by atoms with Crippen LogP contribution in [0, 0.1) is 12.7 Å². The highest BCUT2D eigenvalue weighted by atomic mass is 32.2. The minimum absolute atomic E-state index is 0.253. The van der Waals surface area contributed by atoms with Gasteiger partial charge in [-0.2, -0.15) is 0 Å². The SMILES string of the molecule is Cc1cc(S/C=C/C(=O)O)ccc1F. The number of carboxylic acids is 1. The van der Waals surface area contributed by atoms with Crippen LogP contribution in [0.1, 0.15) is 5.56 Å². The largest absolute Gasteiger partial charge is 0.478 e. The smallest absolute Gasteiger partial charge is 0.328 e. The number of rotatable bonds is 3. The second-order valence-corrected chi connectivity index (χ2v) is 3.65. The van der Waals surface area contributed by atoms with E-state index in [1.807, 2.05) is 0 Å². The quantitative estimate of drug-likeness (QED) is 0.618. The van der Waals surface area contributed by atoms with Crippen LogP contribution in [0.25, 0.3) is 0 Å². The minimum Gasteiger partial charge on any atom is -0.478 e. The molecule has 0 bridgehead atoms. The molecule has 0 saturated carbocycles. The number of benzene rings is 1. The molecule has 4 heteroatoms. The number of thioether (sulfide) groups is 1. The molecule has 1 N–H and O–H groups in total. The summed E-state index contributed by atoms with van der Waals surface area (Å²) in [5.41, 5.74) is 0.554. The third-order valence-corrected chi connectivity index (χ3v) is 2.34. The van der Waals surface area contributed by atoms with Crippen LogP contribution >= 0.6 is 11.8 Å². The summed E-state index contributed by atoms with van der Waals surface area (Å²) in [4.78, 5) is 11.0. The molecule has 1 rings (SSSR count). The Kier molecular flexibility index (Phi) is 3.71. The van der Waals surface area contributed by atoms with Gasteiger partial charge in [0, 0.05) is 11.0 Å². The Morgan fingerprint density at radius 1 is 1.57 bits per heavy atom. The van der Waals surface area contributed by atoms with Gasteiger partial charge in [0.25, 0.3) is 0 Å². The molecule has 0 fully saturated rings. The van der Waals surface area contributed by atoms with Crippen molar-refractivity contribution in [1.29, 1.82) is 0 Å². The highest BCUT2D eigenvalue weighted by Gasteiger charge is 1.97. The number of hydrogen-bond donors (Lipinski definition) is 1. The van der Waals surface area contributed by atoms with Gasteiger partial charge in [-0.3, -0.25) is 0 Å². The Morgan fingerprint density at radius 3 is 2.86 bits per heavy atom. The number of aliphatic carboxylic acids is 1. The van der Waals surface area contributed by atoms with Gasteiger partial charge in [0.2, 0.25) is 0 Å². The first kappa shape index (κ1) is 10.8. The lowest BCUT2D eigenvalue weighted by molar-refractivity contribution is -0.131. The summed E-state index contributed by atoms with van der Waals surface area (Å²) in [5.74, 6) is -1.24. The Bertz CT molecular complexity index is 374. The van der Waals surface area contributed by atoms with Crippen LogP contribution in [-0.4, -0.2) is 11.1 Å². The van der Waals surface area contributed by atoms with Gasteiger partial charge >= 0.3 is 5.97 Å². The maximum atomic E-state index is 12.8. The highest BCUT2D eigenvalue weighted by Crippen LogP contribution is 2.21. The summed E-state index contributed by atoms with van der Waals surface area (Å²) in [7, 11) is 0. The molecule has 1 aromatic carbocycles. The van der Waals surface area contributed by atoms with Gasteiger partial charge in [-0.25, -0.2) is 9.18 Å². The van der Waals surface area contributed by atoms with E-state index in [1.54, 1.807) is 19.1 Å². The van der Waals surface area contributed by atoms with Crippen LogP contribution < -0.4 is 0 Å². The summed E-state index contributed by atoms with van der Waals surface area (Å²) in [6.45, 7) is 1.67. The van der Waals surface area contributed by atoms with E-state index in [2.05, 4.69) is 0 Å². The fraction of sp³-hybridized carbons (Fsp3) is 0.100. The predicted molar refractivity (Wildman–Crippen MR) is 53.8 cm³/mol. The van der Waals surface area contributed by atoms with Crippen molar-refractivity contribution in [3.8, 4) is 0 Å². The molecule has 0 aliphatic heterocycles. The van der Waals surface area contributed by atoms with Crippen molar-refractivity contribution in [2.24, 2.45) is 0 Å². The molecule has 0 aliphatic rings. The number of carbonyl (C=O) groups is 1. The number of halogens is 1. The molecule has 0 heterocycles. The molecule has 74 valence electrons. The molecular formula is C10H9FO2S. The van der Waals surface area contributed by atoms with Crippen LogP contribution in [-0.2, 0) is 4.79 Å². The predicted octanol–water partition coefficient (Wildman–Crippen LogP) is 2.82. The van der Waals surface area contributed by atoms with Crippen molar-refractivity contribution in [2.75, 3.05) is 0 Å². The maximum Gasteiger partial charge on any atom is 0.328 e. The third kappa shape index (κ3) is 3.22. The van der Waals surface area contributed by atoms with E-state index in [0.29, 0.717) is 5.56 Å². The molecular weight excluding hydrogens is 203 g/mol. The fourth-order valence-electron chi connectivity index (χ4n) is 0.861. The van der Waals surface area contributed by atoms with E-state index < -0.39 is 5.97 Å². The lowest BCUT2D eigenvalue weighted by atomic mass is 10.2. The molecule has 0 radical (unpaired) electrons. The first-order chi connectivity index (χ1) is 6.59. The normalized spacial score (nSPS) is 10.7. The zero-order chi connectivity index (χ0) is 10.6. The Balaban J connectivity index is 2.69. The summed E-state index contributed by atoms with van der Waals surface area (Å²) >= 11 is 1.24. The van der Waals surface area contributed by atoms with E-state index in [9.17, 15) is 9.18 Å². The molecule has 0 unspecified atom stereocenters. The molecule has 0 saturated heterocycles. The third-order valence-electron chi connectivity index (χ3n) is 1.54. The molecule has 0 spiro atoms. The lowest BCUT2D eigenvalue weighted by Crippen LogP contribution is -1.84. The second kappa shape index (κ2) is 4.81. The van der Waals surface area contributed by atoms with Crippen LogP contribution in [0.4, 0.5) is 4.39 Å². The lowest BCUT2D eigenvalue weighted by Gasteiger charge is -1.98. The Labute approximate surface area is 85.4 Å². The van der Waals surface area contributed by atoms with Gasteiger partial charge in [0.15, 0.2) is 0 Å². The number of aryl methyl sites for hydroxylation is 1. The summed E-state index contributed by atoms with van der Waals surface area (Å²) in [6, 6.07) is 4.65. The van der Waals surface area contributed by atoms with Gasteiger partial charge in [0.1, 0.15) is 5.82 Å². The van der Waals surface area contributed by atoms with E-state index in [1.165, 1.54) is 23.2 Å². The molecule has 1 aromatic rings. The van der Waals surface area contributed by atoms with Crippen LogP contribution in [0.3, 0.4) is 0 Å². The summed E-state index contributed by atoms with van der Waals surface area (Å²) in [6.07, 6.45) is 1.04. The molecule has 0 atom stereocenters. The van der Waals surface area contributed by atoms with Gasteiger partial charge in [-0.1, -0.05) is 11.8 Å². The molecule has 2 nitrogen and oxygen atoms in total. The average Bonchev–Trinajstić information content (AvgIpc) is 2.10. The average molecular weight is 212 g/mol. The summed E-state index contributed by atoms with van der Waals surface area (Å²) in [5, 5.41) is 9.78. The van der Waals surface area contributed by atoms with Crippen molar-refractivity contribution in [3.63, 3.8) is 0 Å². The molecule has 14 heavy (non-hydrogen) atoms. The highest BCUT2D eigenvalue weighted by molar-refractivity contribution is 8.02. The molecule has 0 aromatic heterocycles. The maximum absolute atomic E-state index is 12.8. The van der Waals surface area contributed by atoms with Crippen LogP contribution in [0.15, 0.2) is 34.6 Å². The molecule has 0 aliphatic carbocycles. The topological polar surface area (TPSA) is 37.3 Å². The van der Waals surface area contributed by atoms with E-state index >= 15 is 0 Å². The van der Waals surface area contributed by atoms with Crippen molar-refractivity contribution in [3.05, 3.63) is 41.1 Å². The number of carboxylic acid groups (broad SMARTS) is 1. The minimum atomic E-state index is -0.990. The van der Waals surface area contributed by atoms with Crippen molar-refractivity contribution in [2.45, 2.75) is 11.8 Å². The van der Waals surface area contributed by atoms with Gasteiger partial charge in [-0.15, -0.1) is 0 Å². The summed E-state index contributed by atoms with van der Waals surface area (Å²) < 4.78 is 12.8. The van der Waals surface area contributed by atoms with Gasteiger partial charge < -0.3 is 5.11 Å². The van der Waals surface area contributed by atoms with Gasteiger partial charge in [-0.05, 0) is 36.1 Å². The first-order valence-corrected chi connectivity index (χ1v) is 4.80.